The quantitative estimate of drug-likeness (QED) is 0.427. The summed E-state index contributed by atoms with van der Waals surface area (Å²) in [7, 11) is -1.04. The van der Waals surface area contributed by atoms with Crippen molar-refractivity contribution in [2.75, 3.05) is 6.61 Å². The maximum absolute atomic E-state index is 10.8. The van der Waals surface area contributed by atoms with Crippen LogP contribution < -0.4 is 0 Å². The zero-order valence-electron chi connectivity index (χ0n) is 11.2. The highest BCUT2D eigenvalue weighted by molar-refractivity contribution is 6.76. The Kier molecular flexibility index (Phi) is 5.08. The Labute approximate surface area is 104 Å². The highest BCUT2D eigenvalue weighted by Crippen LogP contribution is 2.09. The largest absolute Gasteiger partial charge is 0.361 e. The molecule has 0 radical (unpaired) electrons. The smallest absolute Gasteiger partial charge is 0.168 e. The molecule has 0 saturated carbocycles. The first-order valence-corrected chi connectivity index (χ1v) is 9.76. The van der Waals surface area contributed by atoms with Gasteiger partial charge < -0.3 is 9.30 Å². The molecule has 1 heterocycles. The lowest BCUT2D eigenvalue weighted by molar-refractivity contribution is 0.0817. The zero-order valence-corrected chi connectivity index (χ0v) is 12.2. The fraction of sp³-hybridized carbons (Fsp3) is 0.667. The number of aromatic nitrogens is 2. The molecule has 17 heavy (non-hydrogen) atoms. The van der Waals surface area contributed by atoms with Crippen molar-refractivity contribution in [3.05, 3.63) is 17.7 Å². The van der Waals surface area contributed by atoms with Crippen LogP contribution in [0.4, 0.5) is 0 Å². The van der Waals surface area contributed by atoms with E-state index in [0.717, 1.165) is 31.2 Å². The van der Waals surface area contributed by atoms with Crippen molar-refractivity contribution in [3.63, 3.8) is 0 Å². The predicted octanol–water partition coefficient (Wildman–Crippen LogP) is 2.57. The molecule has 0 spiro atoms. The van der Waals surface area contributed by atoms with Gasteiger partial charge in [-0.3, -0.25) is 4.79 Å². The average Bonchev–Trinajstić information content (AvgIpc) is 2.65. The number of ether oxygens (including phenoxy) is 1. The SMILES string of the molecule is CCc1ncc(C=O)n1COCC[Si](C)(C)C. The minimum atomic E-state index is -1.04. The third kappa shape index (κ3) is 4.44. The molecule has 1 rings (SSSR count). The van der Waals surface area contributed by atoms with E-state index >= 15 is 0 Å². The van der Waals surface area contributed by atoms with Gasteiger partial charge in [-0.2, -0.15) is 0 Å². The lowest BCUT2D eigenvalue weighted by atomic mass is 10.4. The molecular weight excluding hydrogens is 232 g/mol. The van der Waals surface area contributed by atoms with Crippen molar-refractivity contribution in [2.24, 2.45) is 0 Å². The maximum atomic E-state index is 10.8. The van der Waals surface area contributed by atoms with Crippen molar-refractivity contribution in [1.29, 1.82) is 0 Å². The summed E-state index contributed by atoms with van der Waals surface area (Å²) in [4.78, 5) is 15.0. The normalized spacial score (nSPS) is 11.8. The number of imidazole rings is 1. The van der Waals surface area contributed by atoms with Gasteiger partial charge in [0.1, 0.15) is 18.2 Å². The van der Waals surface area contributed by atoms with Crippen molar-refractivity contribution >= 4 is 14.4 Å². The van der Waals surface area contributed by atoms with E-state index in [1.807, 2.05) is 11.5 Å². The zero-order chi connectivity index (χ0) is 12.9. The molecule has 0 fully saturated rings. The summed E-state index contributed by atoms with van der Waals surface area (Å²) in [6.45, 7) is 10.2. The first-order chi connectivity index (χ1) is 7.98. The van der Waals surface area contributed by atoms with Crippen molar-refractivity contribution < 1.29 is 9.53 Å². The van der Waals surface area contributed by atoms with Crippen LogP contribution in [0.1, 0.15) is 23.2 Å². The van der Waals surface area contributed by atoms with Gasteiger partial charge in [-0.05, 0) is 6.04 Å². The Morgan fingerprint density at radius 1 is 1.47 bits per heavy atom. The van der Waals surface area contributed by atoms with Crippen LogP contribution in [0.5, 0.6) is 0 Å². The molecule has 1 aromatic heterocycles. The van der Waals surface area contributed by atoms with Gasteiger partial charge in [-0.1, -0.05) is 26.6 Å². The Morgan fingerprint density at radius 2 is 2.18 bits per heavy atom. The molecule has 4 nitrogen and oxygen atoms in total. The molecule has 0 aliphatic rings. The van der Waals surface area contributed by atoms with Crippen LogP contribution in [0.3, 0.4) is 0 Å². The van der Waals surface area contributed by atoms with E-state index in [2.05, 4.69) is 24.6 Å². The van der Waals surface area contributed by atoms with E-state index < -0.39 is 8.07 Å². The third-order valence-corrected chi connectivity index (χ3v) is 4.33. The molecule has 1 aromatic rings. The Balaban J connectivity index is 2.50. The van der Waals surface area contributed by atoms with E-state index in [9.17, 15) is 4.79 Å². The Bertz CT molecular complexity index is 369. The Hall–Kier alpha value is -0.943. The Morgan fingerprint density at radius 3 is 2.71 bits per heavy atom. The molecule has 0 amide bonds. The van der Waals surface area contributed by atoms with Crippen LogP contribution in [0.25, 0.3) is 0 Å². The van der Waals surface area contributed by atoms with Gasteiger partial charge in [0.25, 0.3) is 0 Å². The topological polar surface area (TPSA) is 44.1 Å². The minimum Gasteiger partial charge on any atom is -0.361 e. The molecule has 0 aromatic carbocycles. The molecular formula is C12H22N2O2Si. The van der Waals surface area contributed by atoms with Gasteiger partial charge in [0, 0.05) is 21.1 Å². The van der Waals surface area contributed by atoms with Crippen LogP contribution in [-0.2, 0) is 17.9 Å². The van der Waals surface area contributed by atoms with Crippen LogP contribution in [0, 0.1) is 0 Å². The molecule has 96 valence electrons. The first-order valence-electron chi connectivity index (χ1n) is 6.05. The second kappa shape index (κ2) is 6.12. The van der Waals surface area contributed by atoms with E-state index in [4.69, 9.17) is 4.74 Å². The summed E-state index contributed by atoms with van der Waals surface area (Å²) in [5, 5.41) is 0. The molecule has 0 bridgehead atoms. The lowest BCUT2D eigenvalue weighted by Gasteiger charge is -2.16. The van der Waals surface area contributed by atoms with Gasteiger partial charge in [-0.25, -0.2) is 4.98 Å². The number of rotatable bonds is 7. The molecule has 0 aliphatic carbocycles. The van der Waals surface area contributed by atoms with Gasteiger partial charge >= 0.3 is 0 Å². The van der Waals surface area contributed by atoms with Gasteiger partial charge in [-0.15, -0.1) is 0 Å². The van der Waals surface area contributed by atoms with E-state index in [1.165, 1.54) is 0 Å². The first kappa shape index (κ1) is 14.1. The van der Waals surface area contributed by atoms with E-state index in [-0.39, 0.29) is 0 Å². The average molecular weight is 254 g/mol. The summed E-state index contributed by atoms with van der Waals surface area (Å²) >= 11 is 0. The third-order valence-electron chi connectivity index (χ3n) is 2.62. The van der Waals surface area contributed by atoms with E-state index in [1.54, 1.807) is 6.20 Å². The van der Waals surface area contributed by atoms with Crippen molar-refractivity contribution in [2.45, 2.75) is 45.8 Å². The minimum absolute atomic E-state index is 0.432. The molecule has 0 atom stereocenters. The molecule has 0 saturated heterocycles. The number of carbonyl (C=O) groups excluding carboxylic acids is 1. The highest BCUT2D eigenvalue weighted by Gasteiger charge is 2.13. The van der Waals surface area contributed by atoms with Gasteiger partial charge in [0.15, 0.2) is 6.29 Å². The lowest BCUT2D eigenvalue weighted by Crippen LogP contribution is -2.22. The number of aldehydes is 1. The van der Waals surface area contributed by atoms with Crippen molar-refractivity contribution in [1.82, 2.24) is 9.55 Å². The standard InChI is InChI=1S/C12H22N2O2Si/c1-5-12-13-8-11(9-15)14(12)10-16-6-7-17(2,3)4/h8-9H,5-7,10H2,1-4H3. The maximum Gasteiger partial charge on any atom is 0.168 e. The molecule has 0 aliphatic heterocycles. The second-order valence-electron chi connectivity index (χ2n) is 5.35. The highest BCUT2D eigenvalue weighted by atomic mass is 28.3. The number of hydrogen-bond donors (Lipinski definition) is 0. The fourth-order valence-corrected chi connectivity index (χ4v) is 2.25. The summed E-state index contributed by atoms with van der Waals surface area (Å²) in [6.07, 6.45) is 3.24. The molecule has 0 N–H and O–H groups in total. The molecule has 0 unspecified atom stereocenters. The van der Waals surface area contributed by atoms with Crippen LogP contribution in [0.15, 0.2) is 6.20 Å². The van der Waals surface area contributed by atoms with Crippen LogP contribution in [0.2, 0.25) is 25.7 Å². The number of hydrogen-bond acceptors (Lipinski definition) is 3. The summed E-state index contributed by atoms with van der Waals surface area (Å²) in [6, 6.07) is 1.14. The van der Waals surface area contributed by atoms with Gasteiger partial charge in [0.05, 0.1) is 6.20 Å². The van der Waals surface area contributed by atoms with Crippen molar-refractivity contribution in [3.8, 4) is 0 Å². The van der Waals surface area contributed by atoms with Crippen LogP contribution in [-0.4, -0.2) is 30.5 Å². The summed E-state index contributed by atoms with van der Waals surface area (Å²) < 4.78 is 7.48. The monoisotopic (exact) mass is 254 g/mol. The van der Waals surface area contributed by atoms with Crippen LogP contribution >= 0.6 is 0 Å². The number of aryl methyl sites for hydroxylation is 1. The van der Waals surface area contributed by atoms with Gasteiger partial charge in [0.2, 0.25) is 0 Å². The second-order valence-corrected chi connectivity index (χ2v) is 11.0. The fourth-order valence-electron chi connectivity index (χ4n) is 1.49. The number of carbonyl (C=O) groups is 1. The summed E-state index contributed by atoms with van der Waals surface area (Å²) in [5.41, 5.74) is 0.592. The summed E-state index contributed by atoms with van der Waals surface area (Å²) in [5.74, 6) is 0.903. The number of nitrogens with zero attached hydrogens (tertiary/aromatic N) is 2. The predicted molar refractivity (Wildman–Crippen MR) is 71.1 cm³/mol. The van der Waals surface area contributed by atoms with E-state index in [0.29, 0.717) is 12.4 Å². The molecule has 5 heteroatoms.